The van der Waals surface area contributed by atoms with Crippen LogP contribution in [-0.2, 0) is 0 Å². The highest BCUT2D eigenvalue weighted by Crippen LogP contribution is 2.44. The monoisotopic (exact) mass is 701 g/mol. The second-order valence-electron chi connectivity index (χ2n) is 14.0. The summed E-state index contributed by atoms with van der Waals surface area (Å²) >= 11 is 0. The van der Waals surface area contributed by atoms with E-state index in [1.165, 1.54) is 43.6 Å². The molecule has 11 aromatic rings. The molecule has 0 radical (unpaired) electrons. The van der Waals surface area contributed by atoms with Crippen molar-refractivity contribution in [2.45, 2.75) is 0 Å². The number of benzene rings is 9. The third-order valence-electron chi connectivity index (χ3n) is 10.7. The van der Waals surface area contributed by atoms with Crippen LogP contribution in [0.3, 0.4) is 0 Å². The highest BCUT2D eigenvalue weighted by atomic mass is 16.3. The van der Waals surface area contributed by atoms with E-state index in [4.69, 9.17) is 19.4 Å². The minimum atomic E-state index is 0.610. The lowest BCUT2D eigenvalue weighted by Crippen LogP contribution is -2.00. The van der Waals surface area contributed by atoms with Gasteiger partial charge in [0.1, 0.15) is 11.2 Å². The van der Waals surface area contributed by atoms with Gasteiger partial charge in [-0.25, -0.2) is 15.0 Å². The second kappa shape index (κ2) is 12.6. The summed E-state index contributed by atoms with van der Waals surface area (Å²) < 4.78 is 6.31. The van der Waals surface area contributed by atoms with E-state index in [2.05, 4.69) is 146 Å². The lowest BCUT2D eigenvalue weighted by molar-refractivity contribution is 0.669. The van der Waals surface area contributed by atoms with Crippen LogP contribution in [-0.4, -0.2) is 15.0 Å². The molecular formula is C51H31N3O. The molecule has 4 nitrogen and oxygen atoms in total. The molecule has 2 heterocycles. The van der Waals surface area contributed by atoms with Gasteiger partial charge in [0.2, 0.25) is 0 Å². The molecule has 0 bridgehead atoms. The van der Waals surface area contributed by atoms with E-state index < -0.39 is 0 Å². The summed E-state index contributed by atoms with van der Waals surface area (Å²) in [7, 11) is 0. The zero-order valence-corrected chi connectivity index (χ0v) is 29.6. The van der Waals surface area contributed by atoms with Gasteiger partial charge in [0.05, 0.1) is 0 Å². The van der Waals surface area contributed by atoms with Crippen molar-refractivity contribution in [3.8, 4) is 56.4 Å². The highest BCUT2D eigenvalue weighted by Gasteiger charge is 2.18. The second-order valence-corrected chi connectivity index (χ2v) is 14.0. The van der Waals surface area contributed by atoms with Crippen molar-refractivity contribution in [2.75, 3.05) is 0 Å². The fourth-order valence-electron chi connectivity index (χ4n) is 8.09. The van der Waals surface area contributed by atoms with Crippen LogP contribution in [0.25, 0.3) is 111 Å². The van der Waals surface area contributed by atoms with Gasteiger partial charge >= 0.3 is 0 Å². The van der Waals surface area contributed by atoms with E-state index in [9.17, 15) is 0 Å². The van der Waals surface area contributed by atoms with Crippen LogP contribution in [0, 0.1) is 0 Å². The SMILES string of the molecule is c1ccc(-c2nc(-c3ccc(-c4c5ccccc5c(-c5ccccc5)c5ccccc45)cc3)nc(-c3ccc4oc5cc6ccccc6cc5c4c3)n2)cc1. The summed E-state index contributed by atoms with van der Waals surface area (Å²) in [6.45, 7) is 0. The van der Waals surface area contributed by atoms with Crippen molar-refractivity contribution in [3.63, 3.8) is 0 Å². The Morgan fingerprint density at radius 3 is 1.25 bits per heavy atom. The maximum atomic E-state index is 6.31. The summed E-state index contributed by atoms with van der Waals surface area (Å²) in [5.74, 6) is 1.85. The molecule has 0 amide bonds. The van der Waals surface area contributed by atoms with E-state index >= 15 is 0 Å². The number of furan rings is 1. The van der Waals surface area contributed by atoms with Gasteiger partial charge in [0.25, 0.3) is 0 Å². The number of aromatic nitrogens is 3. The average molecular weight is 702 g/mol. The normalized spacial score (nSPS) is 11.6. The molecule has 256 valence electrons. The van der Waals surface area contributed by atoms with E-state index in [1.807, 2.05) is 42.5 Å². The van der Waals surface area contributed by atoms with E-state index in [1.54, 1.807) is 0 Å². The smallest absolute Gasteiger partial charge is 0.164 e. The third kappa shape index (κ3) is 5.26. The van der Waals surface area contributed by atoms with Crippen LogP contribution in [0.4, 0.5) is 0 Å². The maximum absolute atomic E-state index is 6.31. The van der Waals surface area contributed by atoms with Crippen LogP contribution in [0.15, 0.2) is 192 Å². The zero-order chi connectivity index (χ0) is 36.3. The van der Waals surface area contributed by atoms with Crippen molar-refractivity contribution < 1.29 is 4.42 Å². The Kier molecular flexibility index (Phi) is 7.14. The molecule has 4 heteroatoms. The van der Waals surface area contributed by atoms with Gasteiger partial charge in [0, 0.05) is 27.5 Å². The molecule has 0 spiro atoms. The Hall–Kier alpha value is -7.43. The molecule has 2 aromatic heterocycles. The van der Waals surface area contributed by atoms with Crippen LogP contribution in [0.2, 0.25) is 0 Å². The molecule has 11 rings (SSSR count). The van der Waals surface area contributed by atoms with Gasteiger partial charge in [-0.2, -0.15) is 0 Å². The Balaban J connectivity index is 1.06. The Morgan fingerprint density at radius 2 is 0.673 bits per heavy atom. The number of nitrogens with zero attached hydrogens (tertiary/aromatic N) is 3. The van der Waals surface area contributed by atoms with E-state index in [-0.39, 0.29) is 0 Å². The quantitative estimate of drug-likeness (QED) is 0.168. The first-order valence-electron chi connectivity index (χ1n) is 18.5. The Labute approximate surface area is 317 Å². The van der Waals surface area contributed by atoms with Gasteiger partial charge in [0.15, 0.2) is 17.5 Å². The summed E-state index contributed by atoms with van der Waals surface area (Å²) in [6, 6.07) is 65.9. The summed E-state index contributed by atoms with van der Waals surface area (Å²) in [6.07, 6.45) is 0. The van der Waals surface area contributed by atoms with Gasteiger partial charge < -0.3 is 4.42 Å². The molecule has 0 saturated heterocycles. The molecule has 0 unspecified atom stereocenters. The third-order valence-corrected chi connectivity index (χ3v) is 10.7. The molecule has 55 heavy (non-hydrogen) atoms. The zero-order valence-electron chi connectivity index (χ0n) is 29.6. The van der Waals surface area contributed by atoms with Crippen molar-refractivity contribution in [1.29, 1.82) is 0 Å². The highest BCUT2D eigenvalue weighted by molar-refractivity contribution is 6.21. The van der Waals surface area contributed by atoms with Gasteiger partial charge in [-0.15, -0.1) is 0 Å². The number of rotatable bonds is 5. The summed E-state index contributed by atoms with van der Waals surface area (Å²) in [5.41, 5.74) is 9.27. The predicted octanol–water partition coefficient (Wildman–Crippen LogP) is 13.6. The van der Waals surface area contributed by atoms with Crippen LogP contribution in [0.1, 0.15) is 0 Å². The first kappa shape index (κ1) is 31.1. The van der Waals surface area contributed by atoms with Crippen LogP contribution < -0.4 is 0 Å². The molecule has 9 aromatic carbocycles. The molecule has 0 saturated carbocycles. The minimum absolute atomic E-state index is 0.610. The fourth-order valence-corrected chi connectivity index (χ4v) is 8.09. The van der Waals surface area contributed by atoms with Gasteiger partial charge in [-0.3, -0.25) is 0 Å². The lowest BCUT2D eigenvalue weighted by Gasteiger charge is -2.18. The molecule has 0 aliphatic carbocycles. The topological polar surface area (TPSA) is 51.8 Å². The molecule has 0 aliphatic heterocycles. The van der Waals surface area contributed by atoms with Crippen LogP contribution in [0.5, 0.6) is 0 Å². The standard InChI is InChI=1S/C51H31N3O/c1-3-13-32(14-4-1)47-39-19-9-11-21-41(39)48(42-22-12-10-20-40(42)47)33-23-25-35(26-24-33)50-52-49(34-15-5-2-6-16-34)53-51(54-50)38-27-28-45-43(30-38)44-29-36-17-7-8-18-37(36)31-46(44)55-45/h1-31H. The molecule has 0 atom stereocenters. The molecule has 0 aliphatic rings. The van der Waals surface area contributed by atoms with Crippen molar-refractivity contribution in [2.24, 2.45) is 0 Å². The summed E-state index contributed by atoms with van der Waals surface area (Å²) in [4.78, 5) is 15.2. The number of hydrogen-bond acceptors (Lipinski definition) is 4. The predicted molar refractivity (Wildman–Crippen MR) is 227 cm³/mol. The van der Waals surface area contributed by atoms with E-state index in [0.29, 0.717) is 17.5 Å². The molecular weight excluding hydrogens is 671 g/mol. The molecule has 0 N–H and O–H groups in total. The maximum Gasteiger partial charge on any atom is 0.164 e. The Morgan fingerprint density at radius 1 is 0.273 bits per heavy atom. The van der Waals surface area contributed by atoms with Gasteiger partial charge in [-0.1, -0.05) is 158 Å². The van der Waals surface area contributed by atoms with Gasteiger partial charge in [-0.05, 0) is 84.9 Å². The molecule has 0 fully saturated rings. The van der Waals surface area contributed by atoms with E-state index in [0.717, 1.165) is 49.6 Å². The van der Waals surface area contributed by atoms with Crippen LogP contribution >= 0.6 is 0 Å². The minimum Gasteiger partial charge on any atom is -0.456 e. The number of hydrogen-bond donors (Lipinski definition) is 0. The van der Waals surface area contributed by atoms with Crippen molar-refractivity contribution in [3.05, 3.63) is 188 Å². The van der Waals surface area contributed by atoms with Crippen molar-refractivity contribution >= 4 is 54.3 Å². The first-order valence-corrected chi connectivity index (χ1v) is 18.5. The average Bonchev–Trinajstić information content (AvgIpc) is 3.61. The van der Waals surface area contributed by atoms with Crippen molar-refractivity contribution in [1.82, 2.24) is 15.0 Å². The first-order chi connectivity index (χ1) is 27.2. The fraction of sp³-hybridized carbons (Fsp3) is 0. The Bertz CT molecular complexity index is 3180. The largest absolute Gasteiger partial charge is 0.456 e. The number of fused-ring (bicyclic) bond motifs is 6. The summed E-state index contributed by atoms with van der Waals surface area (Å²) in [5, 5.41) is 9.33. The lowest BCUT2D eigenvalue weighted by atomic mass is 9.86.